The Balaban J connectivity index is 0.000000568. The van der Waals surface area contributed by atoms with Crippen LogP contribution in [0.2, 0.25) is 0 Å². The van der Waals surface area contributed by atoms with E-state index in [2.05, 4.69) is 29.3 Å². The number of ether oxygens (including phenoxy) is 1. The number of hydrogen-bond acceptors (Lipinski definition) is 5. The summed E-state index contributed by atoms with van der Waals surface area (Å²) in [5.74, 6) is -2.31. The quantitative estimate of drug-likeness (QED) is 0.478. The molecular formula is C20H30N2O6. The number of carbonyl (C=O) groups excluding carboxylic acids is 1. The Hall–Kier alpha value is -2.61. The Morgan fingerprint density at radius 2 is 1.68 bits per heavy atom. The molecule has 28 heavy (non-hydrogen) atoms. The van der Waals surface area contributed by atoms with Crippen molar-refractivity contribution in [3.63, 3.8) is 0 Å². The summed E-state index contributed by atoms with van der Waals surface area (Å²) in [5, 5.41) is 17.8. The van der Waals surface area contributed by atoms with Gasteiger partial charge in [0.15, 0.2) is 0 Å². The second-order valence-corrected chi connectivity index (χ2v) is 6.65. The minimum Gasteiger partial charge on any atom is -0.497 e. The number of nitrogens with zero attached hydrogens (tertiary/aromatic N) is 1. The van der Waals surface area contributed by atoms with Gasteiger partial charge in [0.2, 0.25) is 5.91 Å². The maximum Gasteiger partial charge on any atom is 0.414 e. The lowest BCUT2D eigenvalue weighted by atomic mass is 9.95. The lowest BCUT2D eigenvalue weighted by Gasteiger charge is -2.31. The lowest BCUT2D eigenvalue weighted by Crippen LogP contribution is -2.40. The van der Waals surface area contributed by atoms with Crippen molar-refractivity contribution < 1.29 is 29.3 Å². The summed E-state index contributed by atoms with van der Waals surface area (Å²) >= 11 is 0. The Morgan fingerprint density at radius 3 is 2.14 bits per heavy atom. The van der Waals surface area contributed by atoms with E-state index >= 15 is 0 Å². The molecule has 1 amide bonds. The number of piperidine rings is 1. The molecule has 0 bridgehead atoms. The van der Waals surface area contributed by atoms with Gasteiger partial charge in [-0.05, 0) is 50.0 Å². The first-order chi connectivity index (χ1) is 13.4. The highest BCUT2D eigenvalue weighted by molar-refractivity contribution is 6.27. The van der Waals surface area contributed by atoms with Gasteiger partial charge in [-0.2, -0.15) is 0 Å². The van der Waals surface area contributed by atoms with Gasteiger partial charge in [-0.15, -0.1) is 0 Å². The molecule has 156 valence electrons. The van der Waals surface area contributed by atoms with Crippen LogP contribution >= 0.6 is 0 Å². The van der Waals surface area contributed by atoms with Crippen LogP contribution in [0.3, 0.4) is 0 Å². The van der Waals surface area contributed by atoms with Crippen LogP contribution in [0.15, 0.2) is 24.3 Å². The van der Waals surface area contributed by atoms with Crippen molar-refractivity contribution in [2.45, 2.75) is 39.2 Å². The number of nitrogens with one attached hydrogen (secondary N) is 1. The zero-order chi connectivity index (χ0) is 20.9. The molecule has 2 rings (SSSR count). The minimum absolute atomic E-state index is 0.198. The molecule has 3 N–H and O–H groups in total. The number of carboxylic acid groups (broad SMARTS) is 2. The second kappa shape index (κ2) is 12.7. The molecule has 0 aliphatic carbocycles. The number of unbranched alkanes of at least 4 members (excludes halogenated alkanes) is 1. The van der Waals surface area contributed by atoms with E-state index in [1.54, 1.807) is 7.11 Å². The first kappa shape index (κ1) is 23.4. The summed E-state index contributed by atoms with van der Waals surface area (Å²) < 4.78 is 5.18. The van der Waals surface area contributed by atoms with Crippen LogP contribution in [0.4, 0.5) is 0 Å². The number of carbonyl (C=O) groups is 3. The van der Waals surface area contributed by atoms with E-state index in [4.69, 9.17) is 24.5 Å². The van der Waals surface area contributed by atoms with E-state index in [0.717, 1.165) is 57.6 Å². The summed E-state index contributed by atoms with van der Waals surface area (Å²) in [4.78, 5) is 32.7. The Morgan fingerprint density at radius 1 is 1.11 bits per heavy atom. The Bertz CT molecular complexity index is 612. The highest BCUT2D eigenvalue weighted by atomic mass is 16.5. The van der Waals surface area contributed by atoms with Crippen molar-refractivity contribution in [3.05, 3.63) is 29.8 Å². The molecule has 1 fully saturated rings. The zero-order valence-electron chi connectivity index (χ0n) is 16.5. The molecular weight excluding hydrogens is 364 g/mol. The standard InChI is InChI=1S/C18H28N2O2.C2H2O4/c1-3-4-11-19-18(21)16-9-12-20(13-10-16)14-15-5-7-17(22-2)8-6-15;3-1(4)2(5)6/h5-8,16H,3-4,9-14H2,1-2H3,(H,19,21);(H,3,4)(H,5,6). The third kappa shape index (κ3) is 8.85. The van der Waals surface area contributed by atoms with Gasteiger partial charge in [0, 0.05) is 19.0 Å². The maximum atomic E-state index is 12.1. The van der Waals surface area contributed by atoms with Gasteiger partial charge in [-0.1, -0.05) is 25.5 Å². The summed E-state index contributed by atoms with van der Waals surface area (Å²) in [6.45, 7) is 5.91. The molecule has 0 aromatic heterocycles. The molecule has 1 aromatic carbocycles. The topological polar surface area (TPSA) is 116 Å². The summed E-state index contributed by atoms with van der Waals surface area (Å²) in [6, 6.07) is 8.23. The van der Waals surface area contributed by atoms with Crippen LogP contribution in [0, 0.1) is 5.92 Å². The first-order valence-electron chi connectivity index (χ1n) is 9.46. The monoisotopic (exact) mass is 394 g/mol. The summed E-state index contributed by atoms with van der Waals surface area (Å²) in [6.07, 6.45) is 4.13. The smallest absolute Gasteiger partial charge is 0.414 e. The van der Waals surface area contributed by atoms with Crippen LogP contribution in [0.25, 0.3) is 0 Å². The highest BCUT2D eigenvalue weighted by Crippen LogP contribution is 2.20. The van der Waals surface area contributed by atoms with Crippen LogP contribution < -0.4 is 10.1 Å². The summed E-state index contributed by atoms with van der Waals surface area (Å²) in [7, 11) is 1.69. The first-order valence-corrected chi connectivity index (χ1v) is 9.46. The largest absolute Gasteiger partial charge is 0.497 e. The number of hydrogen-bond donors (Lipinski definition) is 3. The van der Waals surface area contributed by atoms with Gasteiger partial charge >= 0.3 is 11.9 Å². The fourth-order valence-corrected chi connectivity index (χ4v) is 2.88. The molecule has 8 nitrogen and oxygen atoms in total. The Kier molecular flexibility index (Phi) is 10.6. The number of carboxylic acids is 2. The maximum absolute atomic E-state index is 12.1. The van der Waals surface area contributed by atoms with E-state index < -0.39 is 11.9 Å². The number of methoxy groups -OCH3 is 1. The molecule has 1 aromatic rings. The van der Waals surface area contributed by atoms with Gasteiger partial charge in [0.25, 0.3) is 0 Å². The molecule has 0 saturated carbocycles. The van der Waals surface area contributed by atoms with Crippen LogP contribution in [0.1, 0.15) is 38.2 Å². The zero-order valence-corrected chi connectivity index (χ0v) is 16.5. The molecule has 0 radical (unpaired) electrons. The third-order valence-corrected chi connectivity index (χ3v) is 4.54. The SMILES string of the molecule is CCCCNC(=O)C1CCN(Cc2ccc(OC)cc2)CC1.O=C(O)C(=O)O. The number of benzene rings is 1. The fourth-order valence-electron chi connectivity index (χ4n) is 2.88. The number of amides is 1. The average Bonchev–Trinajstić information content (AvgIpc) is 2.69. The molecule has 1 aliphatic heterocycles. The van der Waals surface area contributed by atoms with Crippen LogP contribution in [0.5, 0.6) is 5.75 Å². The van der Waals surface area contributed by atoms with Crippen molar-refractivity contribution >= 4 is 17.8 Å². The molecule has 0 unspecified atom stereocenters. The molecule has 0 atom stereocenters. The van der Waals surface area contributed by atoms with Gasteiger partial charge in [0.1, 0.15) is 5.75 Å². The molecule has 1 aliphatic rings. The van der Waals surface area contributed by atoms with Gasteiger partial charge in [-0.25, -0.2) is 9.59 Å². The molecule has 8 heteroatoms. The second-order valence-electron chi connectivity index (χ2n) is 6.65. The number of aliphatic carboxylic acids is 2. The molecule has 0 spiro atoms. The van der Waals surface area contributed by atoms with E-state index in [-0.39, 0.29) is 11.8 Å². The van der Waals surface area contributed by atoms with Crippen molar-refractivity contribution in [1.82, 2.24) is 10.2 Å². The Labute approximate surface area is 165 Å². The lowest BCUT2D eigenvalue weighted by molar-refractivity contribution is -0.159. The highest BCUT2D eigenvalue weighted by Gasteiger charge is 2.24. The number of rotatable bonds is 7. The third-order valence-electron chi connectivity index (χ3n) is 4.54. The van der Waals surface area contributed by atoms with Crippen LogP contribution in [-0.2, 0) is 20.9 Å². The van der Waals surface area contributed by atoms with Gasteiger partial charge in [-0.3, -0.25) is 9.69 Å². The van der Waals surface area contributed by atoms with Crippen molar-refractivity contribution in [2.75, 3.05) is 26.7 Å². The van der Waals surface area contributed by atoms with Crippen molar-refractivity contribution in [2.24, 2.45) is 5.92 Å². The minimum atomic E-state index is -1.82. The van der Waals surface area contributed by atoms with E-state index in [1.165, 1.54) is 5.56 Å². The molecule has 1 heterocycles. The van der Waals surface area contributed by atoms with Crippen LogP contribution in [-0.4, -0.2) is 59.7 Å². The number of likely N-dealkylation sites (tertiary alicyclic amines) is 1. The predicted octanol–water partition coefficient (Wildman–Crippen LogP) is 1.98. The van der Waals surface area contributed by atoms with E-state index in [9.17, 15) is 4.79 Å². The fraction of sp³-hybridized carbons (Fsp3) is 0.550. The van der Waals surface area contributed by atoms with Crippen molar-refractivity contribution in [1.29, 1.82) is 0 Å². The normalized spacial score (nSPS) is 14.5. The predicted molar refractivity (Wildman–Crippen MR) is 104 cm³/mol. The van der Waals surface area contributed by atoms with Crippen molar-refractivity contribution in [3.8, 4) is 5.75 Å². The van der Waals surface area contributed by atoms with Gasteiger partial charge in [0.05, 0.1) is 7.11 Å². The molecule has 1 saturated heterocycles. The van der Waals surface area contributed by atoms with Gasteiger partial charge < -0.3 is 20.3 Å². The average molecular weight is 394 g/mol. The summed E-state index contributed by atoms with van der Waals surface area (Å²) in [5.41, 5.74) is 1.30. The van der Waals surface area contributed by atoms with E-state index in [1.807, 2.05) is 12.1 Å². The van der Waals surface area contributed by atoms with E-state index in [0.29, 0.717) is 0 Å².